The molecule has 1 amide bonds. The summed E-state index contributed by atoms with van der Waals surface area (Å²) in [4.78, 5) is 24.8. The first-order valence-corrected chi connectivity index (χ1v) is 9.27. The minimum atomic E-state index is -4.28. The molecule has 28 heavy (non-hydrogen) atoms. The van der Waals surface area contributed by atoms with Crippen molar-refractivity contribution >= 4 is 17.5 Å². The van der Waals surface area contributed by atoms with Gasteiger partial charge in [0.15, 0.2) is 5.69 Å². The molecule has 5 nitrogen and oxygen atoms in total. The van der Waals surface area contributed by atoms with Crippen LogP contribution in [-0.4, -0.2) is 27.9 Å². The maximum absolute atomic E-state index is 13.0. The Hall–Kier alpha value is -2.35. The zero-order chi connectivity index (χ0) is 20.5. The molecular formula is C19H19ClF3N3O2. The number of benzene rings is 1. The highest BCUT2D eigenvalue weighted by Crippen LogP contribution is 2.37. The van der Waals surface area contributed by atoms with Crippen LogP contribution in [0.4, 0.5) is 13.2 Å². The summed E-state index contributed by atoms with van der Waals surface area (Å²) in [6.07, 6.45) is -3.61. The molecule has 1 heterocycles. The molecule has 1 aliphatic carbocycles. The molecule has 1 aromatic heterocycles. The van der Waals surface area contributed by atoms with Crippen LogP contribution in [0.2, 0.25) is 5.02 Å². The van der Waals surface area contributed by atoms with Gasteiger partial charge in [-0.2, -0.15) is 18.3 Å². The summed E-state index contributed by atoms with van der Waals surface area (Å²) < 4.78 is 40.3. The monoisotopic (exact) mass is 413 g/mol. The van der Waals surface area contributed by atoms with Gasteiger partial charge in [0.05, 0.1) is 11.6 Å². The van der Waals surface area contributed by atoms with Gasteiger partial charge in [0.25, 0.3) is 5.91 Å². The van der Waals surface area contributed by atoms with E-state index in [4.69, 9.17) is 11.6 Å². The minimum absolute atomic E-state index is 0.0576. The van der Waals surface area contributed by atoms with Gasteiger partial charge in [-0.05, 0) is 50.5 Å². The van der Waals surface area contributed by atoms with Gasteiger partial charge in [-0.1, -0.05) is 18.0 Å². The van der Waals surface area contributed by atoms with E-state index in [1.807, 2.05) is 0 Å². The van der Waals surface area contributed by atoms with E-state index in [2.05, 4.69) is 10.4 Å². The Labute approximate surface area is 164 Å². The van der Waals surface area contributed by atoms with E-state index in [0.29, 0.717) is 29.2 Å². The molecule has 0 bridgehead atoms. The zero-order valence-corrected chi connectivity index (χ0v) is 15.8. The quantitative estimate of drug-likeness (QED) is 0.825. The van der Waals surface area contributed by atoms with Crippen LogP contribution in [0.5, 0.6) is 0 Å². The molecule has 0 saturated heterocycles. The third-order valence-electron chi connectivity index (χ3n) is 4.87. The molecule has 2 atom stereocenters. The first-order chi connectivity index (χ1) is 13.1. The van der Waals surface area contributed by atoms with Crippen molar-refractivity contribution in [2.45, 2.75) is 44.8 Å². The van der Waals surface area contributed by atoms with Crippen LogP contribution < -0.4 is 10.7 Å². The summed E-state index contributed by atoms with van der Waals surface area (Å²) in [5.41, 5.74) is 0.183. The predicted octanol–water partition coefficient (Wildman–Crippen LogP) is 4.05. The third kappa shape index (κ3) is 4.55. The molecular weight excluding hydrogens is 395 g/mol. The van der Waals surface area contributed by atoms with Gasteiger partial charge in [0, 0.05) is 22.8 Å². The fourth-order valence-electron chi connectivity index (χ4n) is 3.42. The Kier molecular flexibility index (Phi) is 5.79. The Morgan fingerprint density at radius 2 is 1.93 bits per heavy atom. The number of alkyl halides is 3. The number of nitrogens with zero attached hydrogens (tertiary/aromatic N) is 2. The summed E-state index contributed by atoms with van der Waals surface area (Å²) in [6, 6.07) is 7.30. The maximum atomic E-state index is 13.0. The first-order valence-electron chi connectivity index (χ1n) is 8.89. The van der Waals surface area contributed by atoms with Gasteiger partial charge in [0.1, 0.15) is 0 Å². The second kappa shape index (κ2) is 7.95. The fraction of sp³-hybridized carbons (Fsp3) is 0.421. The summed E-state index contributed by atoms with van der Waals surface area (Å²) in [6.45, 7) is 1.67. The normalized spacial score (nSPS) is 20.0. The molecule has 2 aromatic rings. The Balaban J connectivity index is 1.83. The molecule has 1 aliphatic rings. The maximum Gasteiger partial charge on any atom is 0.391 e. The van der Waals surface area contributed by atoms with E-state index in [1.54, 1.807) is 31.2 Å². The number of aromatic nitrogens is 2. The molecule has 150 valence electrons. The van der Waals surface area contributed by atoms with Crippen molar-refractivity contribution in [1.82, 2.24) is 15.1 Å². The molecule has 1 fully saturated rings. The molecule has 0 spiro atoms. The number of carbonyl (C=O) groups excluding carboxylic acids is 1. The van der Waals surface area contributed by atoms with Crippen LogP contribution in [-0.2, 0) is 0 Å². The summed E-state index contributed by atoms with van der Waals surface area (Å²) in [5, 5.41) is 7.21. The van der Waals surface area contributed by atoms with Crippen LogP contribution in [0.25, 0.3) is 5.69 Å². The van der Waals surface area contributed by atoms with E-state index in [9.17, 15) is 22.8 Å². The second-order valence-electron chi connectivity index (χ2n) is 6.96. The smallest absolute Gasteiger partial charge is 0.348 e. The van der Waals surface area contributed by atoms with Gasteiger partial charge in [-0.25, -0.2) is 4.68 Å². The molecule has 1 saturated carbocycles. The fourth-order valence-corrected chi connectivity index (χ4v) is 3.55. The number of aryl methyl sites for hydroxylation is 1. The lowest BCUT2D eigenvalue weighted by atomic mass is 9.85. The minimum Gasteiger partial charge on any atom is -0.348 e. The van der Waals surface area contributed by atoms with Crippen molar-refractivity contribution in [2.24, 2.45) is 5.92 Å². The van der Waals surface area contributed by atoms with E-state index >= 15 is 0 Å². The summed E-state index contributed by atoms with van der Waals surface area (Å²) in [5.74, 6) is -2.20. The van der Waals surface area contributed by atoms with Crippen LogP contribution in [0.1, 0.15) is 41.9 Å². The number of hydrogen-bond donors (Lipinski definition) is 1. The predicted molar refractivity (Wildman–Crippen MR) is 98.8 cm³/mol. The van der Waals surface area contributed by atoms with E-state index in [-0.39, 0.29) is 18.5 Å². The third-order valence-corrected chi connectivity index (χ3v) is 5.12. The van der Waals surface area contributed by atoms with Gasteiger partial charge in [-0.15, -0.1) is 0 Å². The highest BCUT2D eigenvalue weighted by atomic mass is 35.5. The van der Waals surface area contributed by atoms with Crippen molar-refractivity contribution < 1.29 is 18.0 Å². The second-order valence-corrected chi connectivity index (χ2v) is 7.40. The largest absolute Gasteiger partial charge is 0.391 e. The average Bonchev–Trinajstić information content (AvgIpc) is 2.62. The average molecular weight is 414 g/mol. The van der Waals surface area contributed by atoms with Gasteiger partial charge >= 0.3 is 6.18 Å². The number of rotatable bonds is 3. The number of hydrogen-bond acceptors (Lipinski definition) is 3. The molecule has 0 aliphatic heterocycles. The van der Waals surface area contributed by atoms with Crippen molar-refractivity contribution in [2.75, 3.05) is 0 Å². The SMILES string of the molecule is Cc1cc(=O)c(C(=O)NC2CCCC(C(F)(F)F)C2)nn1-c1ccc(Cl)cc1. The number of carbonyl (C=O) groups is 1. The molecule has 2 unspecified atom stereocenters. The van der Waals surface area contributed by atoms with E-state index in [1.165, 1.54) is 10.7 Å². The van der Waals surface area contributed by atoms with Gasteiger partial charge in [-0.3, -0.25) is 9.59 Å². The first kappa shape index (κ1) is 20.4. The van der Waals surface area contributed by atoms with Crippen molar-refractivity contribution in [3.05, 3.63) is 57.0 Å². The zero-order valence-electron chi connectivity index (χ0n) is 15.1. The van der Waals surface area contributed by atoms with Crippen LogP contribution in [0.3, 0.4) is 0 Å². The highest BCUT2D eigenvalue weighted by Gasteiger charge is 2.42. The van der Waals surface area contributed by atoms with E-state index in [0.717, 1.165) is 0 Å². The highest BCUT2D eigenvalue weighted by molar-refractivity contribution is 6.30. The standard InChI is InChI=1S/C19H19ClF3N3O2/c1-11-9-16(27)17(25-26(11)15-7-5-13(20)6-8-15)18(28)24-14-4-2-3-12(10-14)19(21,22)23/h5-9,12,14H,2-4,10H2,1H3,(H,24,28). The van der Waals surface area contributed by atoms with Gasteiger partial charge in [0.2, 0.25) is 5.43 Å². The lowest BCUT2D eigenvalue weighted by molar-refractivity contribution is -0.183. The molecule has 1 aromatic carbocycles. The van der Waals surface area contributed by atoms with Gasteiger partial charge < -0.3 is 5.32 Å². The Bertz CT molecular complexity index is 926. The summed E-state index contributed by atoms with van der Waals surface area (Å²) in [7, 11) is 0. The number of amides is 1. The Morgan fingerprint density at radius 1 is 1.25 bits per heavy atom. The molecule has 0 radical (unpaired) electrons. The van der Waals surface area contributed by atoms with Crippen molar-refractivity contribution in [1.29, 1.82) is 0 Å². The molecule has 3 rings (SSSR count). The molecule has 1 N–H and O–H groups in total. The number of halogens is 4. The van der Waals surface area contributed by atoms with Crippen molar-refractivity contribution in [3.8, 4) is 5.69 Å². The van der Waals surface area contributed by atoms with Crippen LogP contribution in [0.15, 0.2) is 35.1 Å². The topological polar surface area (TPSA) is 64.0 Å². The molecule has 9 heteroatoms. The Morgan fingerprint density at radius 3 is 2.57 bits per heavy atom. The van der Waals surface area contributed by atoms with E-state index < -0.39 is 29.5 Å². The van der Waals surface area contributed by atoms with Crippen molar-refractivity contribution in [3.63, 3.8) is 0 Å². The van der Waals surface area contributed by atoms with Crippen LogP contribution >= 0.6 is 11.6 Å². The van der Waals surface area contributed by atoms with Crippen LogP contribution in [0, 0.1) is 12.8 Å². The summed E-state index contributed by atoms with van der Waals surface area (Å²) >= 11 is 5.87. The lowest BCUT2D eigenvalue weighted by Crippen LogP contribution is -2.43. The number of nitrogens with one attached hydrogen (secondary N) is 1. The lowest BCUT2D eigenvalue weighted by Gasteiger charge is -2.30.